The fourth-order valence-electron chi connectivity index (χ4n) is 9.89. The third-order valence-corrected chi connectivity index (χ3v) is 13.4. The molecule has 0 aliphatic rings. The molecule has 12 aromatic carbocycles. The van der Waals surface area contributed by atoms with Crippen molar-refractivity contribution in [1.82, 2.24) is 0 Å². The smallest absolute Gasteiger partial charge is 0.0540 e. The van der Waals surface area contributed by atoms with Crippen molar-refractivity contribution in [2.24, 2.45) is 0 Å². The highest BCUT2D eigenvalue weighted by Crippen LogP contribution is 2.44. The minimum absolute atomic E-state index is 1.08. The minimum Gasteiger partial charge on any atom is -0.310 e. The van der Waals surface area contributed by atoms with Crippen molar-refractivity contribution in [3.05, 3.63) is 291 Å². The van der Waals surface area contributed by atoms with E-state index in [-0.39, 0.29) is 0 Å². The summed E-state index contributed by atoms with van der Waals surface area (Å²) in [6.45, 7) is 0. The van der Waals surface area contributed by atoms with E-state index in [1.165, 1.54) is 66.1 Å². The Bertz CT molecular complexity index is 3650. The van der Waals surface area contributed by atoms with Crippen molar-refractivity contribution in [3.8, 4) is 55.6 Å². The van der Waals surface area contributed by atoms with Crippen LogP contribution < -0.4 is 9.80 Å². The highest BCUT2D eigenvalue weighted by Gasteiger charge is 2.20. The van der Waals surface area contributed by atoms with Crippen LogP contribution in [0.2, 0.25) is 0 Å². The van der Waals surface area contributed by atoms with E-state index < -0.39 is 0 Å². The van der Waals surface area contributed by atoms with Crippen LogP contribution in [0.3, 0.4) is 0 Å². The molecule has 0 saturated carbocycles. The lowest BCUT2D eigenvalue weighted by atomic mass is 9.96. The Morgan fingerprint density at radius 1 is 0.171 bits per heavy atom. The number of fused-ring (bicyclic) bond motifs is 2. The Morgan fingerprint density at radius 3 is 0.814 bits per heavy atom. The maximum atomic E-state index is 2.42. The van der Waals surface area contributed by atoms with E-state index >= 15 is 0 Å². The van der Waals surface area contributed by atoms with Crippen LogP contribution >= 0.6 is 0 Å². The van der Waals surface area contributed by atoms with Crippen LogP contribution in [0.1, 0.15) is 0 Å². The van der Waals surface area contributed by atoms with Gasteiger partial charge in [-0.25, -0.2) is 0 Å². The fraction of sp³-hybridized carbons (Fsp3) is 0. The van der Waals surface area contributed by atoms with E-state index in [2.05, 4.69) is 301 Å². The third kappa shape index (κ3) is 8.40. The number of hydrogen-bond acceptors (Lipinski definition) is 2. The Morgan fingerprint density at radius 2 is 0.443 bits per heavy atom. The van der Waals surface area contributed by atoms with Crippen LogP contribution in [-0.4, -0.2) is 0 Å². The first-order valence-corrected chi connectivity index (χ1v) is 24.0. The minimum atomic E-state index is 1.08. The zero-order valence-corrected chi connectivity index (χ0v) is 38.6. The average molecular weight is 893 g/mol. The Kier molecular flexibility index (Phi) is 11.3. The van der Waals surface area contributed by atoms with Crippen LogP contribution in [-0.2, 0) is 0 Å². The molecule has 70 heavy (non-hydrogen) atoms. The summed E-state index contributed by atoms with van der Waals surface area (Å²) in [7, 11) is 0. The van der Waals surface area contributed by atoms with Gasteiger partial charge in [0.1, 0.15) is 0 Å². The largest absolute Gasteiger partial charge is 0.310 e. The number of anilines is 6. The maximum absolute atomic E-state index is 2.42. The van der Waals surface area contributed by atoms with Gasteiger partial charge in [0, 0.05) is 33.5 Å². The maximum Gasteiger partial charge on any atom is 0.0540 e. The van der Waals surface area contributed by atoms with Crippen LogP contribution in [0.5, 0.6) is 0 Å². The second-order valence-corrected chi connectivity index (χ2v) is 17.8. The molecular formula is C68H48N2. The standard InChI is InChI=1S/C68H48N2/c1-4-16-49(17-5-1)52-30-32-53(33-31-52)54-34-40-61(41-35-54)69(67-28-14-24-57-22-10-12-26-65(57)67)62-42-36-55(37-43-62)56-38-44-63(45-39-56)70(68-29-15-25-58-23-11-13-27-66(58)68)64-47-59(50-18-6-2-7-19-50)46-60(48-64)51-20-8-3-9-21-51/h1-48H. The lowest BCUT2D eigenvalue weighted by Crippen LogP contribution is -2.11. The highest BCUT2D eigenvalue weighted by atomic mass is 15.1. The van der Waals surface area contributed by atoms with E-state index in [1.807, 2.05) is 0 Å². The van der Waals surface area contributed by atoms with Crippen LogP contribution in [0.25, 0.3) is 77.2 Å². The van der Waals surface area contributed by atoms with Crippen molar-refractivity contribution in [2.45, 2.75) is 0 Å². The summed E-state index contributed by atoms with van der Waals surface area (Å²) < 4.78 is 0. The molecule has 0 atom stereocenters. The number of nitrogens with zero attached hydrogens (tertiary/aromatic N) is 2. The van der Waals surface area contributed by atoms with Gasteiger partial charge in [-0.3, -0.25) is 0 Å². The predicted octanol–water partition coefficient (Wildman–Crippen LogP) is 19.3. The molecule has 12 aromatic rings. The normalized spacial score (nSPS) is 11.1. The molecule has 0 spiro atoms. The molecule has 0 saturated heterocycles. The quantitative estimate of drug-likeness (QED) is 0.128. The molecule has 0 heterocycles. The fourth-order valence-corrected chi connectivity index (χ4v) is 9.89. The Labute approximate surface area is 410 Å². The first-order valence-electron chi connectivity index (χ1n) is 24.0. The summed E-state index contributed by atoms with van der Waals surface area (Å²) in [5.41, 5.74) is 18.4. The van der Waals surface area contributed by atoms with Crippen molar-refractivity contribution < 1.29 is 0 Å². The Balaban J connectivity index is 0.907. The number of rotatable bonds is 11. The van der Waals surface area contributed by atoms with E-state index in [4.69, 9.17) is 0 Å². The predicted molar refractivity (Wildman–Crippen MR) is 298 cm³/mol. The van der Waals surface area contributed by atoms with E-state index in [1.54, 1.807) is 0 Å². The summed E-state index contributed by atoms with van der Waals surface area (Å²) in [6, 6.07) is 105. The highest BCUT2D eigenvalue weighted by molar-refractivity contribution is 6.01. The van der Waals surface area contributed by atoms with Crippen LogP contribution in [0, 0.1) is 0 Å². The molecule has 0 aliphatic heterocycles. The van der Waals surface area contributed by atoms with E-state index in [9.17, 15) is 0 Å². The molecule has 0 bridgehead atoms. The molecule has 0 amide bonds. The monoisotopic (exact) mass is 892 g/mol. The topological polar surface area (TPSA) is 6.48 Å². The second-order valence-electron chi connectivity index (χ2n) is 17.8. The molecular weight excluding hydrogens is 845 g/mol. The van der Waals surface area contributed by atoms with Gasteiger partial charge in [0.25, 0.3) is 0 Å². The van der Waals surface area contributed by atoms with Gasteiger partial charge in [0.05, 0.1) is 11.4 Å². The van der Waals surface area contributed by atoms with Crippen molar-refractivity contribution in [2.75, 3.05) is 9.80 Å². The average Bonchev–Trinajstić information content (AvgIpc) is 3.44. The molecule has 0 fully saturated rings. The van der Waals surface area contributed by atoms with Gasteiger partial charge < -0.3 is 9.80 Å². The van der Waals surface area contributed by atoms with Gasteiger partial charge in [-0.2, -0.15) is 0 Å². The van der Waals surface area contributed by atoms with E-state index in [0.717, 1.165) is 45.3 Å². The molecule has 330 valence electrons. The molecule has 0 aromatic heterocycles. The SMILES string of the molecule is c1ccc(-c2ccc(-c3ccc(N(c4ccc(-c5ccc(N(c6cc(-c7ccccc7)cc(-c7ccccc7)c6)c6cccc7ccccc67)cc5)cc4)c4cccc5ccccc45)cc3)cc2)cc1. The number of hydrogen-bond donors (Lipinski definition) is 0. The van der Waals surface area contributed by atoms with Gasteiger partial charge in [-0.1, -0.05) is 224 Å². The summed E-state index contributed by atoms with van der Waals surface area (Å²) in [6.07, 6.45) is 0. The molecule has 0 unspecified atom stereocenters. The van der Waals surface area contributed by atoms with Crippen LogP contribution in [0.4, 0.5) is 34.1 Å². The zero-order chi connectivity index (χ0) is 46.6. The molecule has 2 nitrogen and oxygen atoms in total. The van der Waals surface area contributed by atoms with Crippen molar-refractivity contribution >= 4 is 55.7 Å². The van der Waals surface area contributed by atoms with Gasteiger partial charge in [0.15, 0.2) is 0 Å². The summed E-state index contributed by atoms with van der Waals surface area (Å²) in [5, 5.41) is 4.80. The van der Waals surface area contributed by atoms with Gasteiger partial charge >= 0.3 is 0 Å². The summed E-state index contributed by atoms with van der Waals surface area (Å²) >= 11 is 0. The number of benzene rings is 12. The molecule has 0 radical (unpaired) electrons. The third-order valence-electron chi connectivity index (χ3n) is 13.4. The summed E-state index contributed by atoms with van der Waals surface area (Å²) in [4.78, 5) is 4.80. The first-order chi connectivity index (χ1) is 34.7. The summed E-state index contributed by atoms with van der Waals surface area (Å²) in [5.74, 6) is 0. The first kappa shape index (κ1) is 42.1. The molecule has 2 heteroatoms. The van der Waals surface area contributed by atoms with Crippen LogP contribution in [0.15, 0.2) is 291 Å². The Hall–Kier alpha value is -9.24. The van der Waals surface area contributed by atoms with Crippen molar-refractivity contribution in [3.63, 3.8) is 0 Å². The van der Waals surface area contributed by atoms with Gasteiger partial charge in [-0.15, -0.1) is 0 Å². The van der Waals surface area contributed by atoms with Gasteiger partial charge in [-0.05, 0) is 133 Å². The second kappa shape index (κ2) is 18.8. The van der Waals surface area contributed by atoms with E-state index in [0.29, 0.717) is 0 Å². The zero-order valence-electron chi connectivity index (χ0n) is 38.6. The van der Waals surface area contributed by atoms with Crippen molar-refractivity contribution in [1.29, 1.82) is 0 Å². The molecule has 0 N–H and O–H groups in total. The molecule has 0 aliphatic carbocycles. The molecule has 12 rings (SSSR count). The van der Waals surface area contributed by atoms with Gasteiger partial charge in [0.2, 0.25) is 0 Å². The lowest BCUT2D eigenvalue weighted by molar-refractivity contribution is 1.29. The lowest BCUT2D eigenvalue weighted by Gasteiger charge is -2.28.